The Balaban J connectivity index is 1.51. The van der Waals surface area contributed by atoms with E-state index in [9.17, 15) is 9.59 Å². The first-order chi connectivity index (χ1) is 13.9. The Morgan fingerprint density at radius 2 is 2.00 bits per heavy atom. The van der Waals surface area contributed by atoms with Crippen LogP contribution in [0.15, 0.2) is 36.9 Å². The van der Waals surface area contributed by atoms with Crippen LogP contribution in [-0.2, 0) is 20.9 Å². The van der Waals surface area contributed by atoms with Crippen LogP contribution in [0, 0.1) is 0 Å². The first-order valence-corrected chi connectivity index (χ1v) is 9.41. The van der Waals surface area contributed by atoms with Gasteiger partial charge >= 0.3 is 5.97 Å². The Morgan fingerprint density at radius 3 is 2.72 bits per heavy atom. The summed E-state index contributed by atoms with van der Waals surface area (Å²) in [6.07, 6.45) is 3.62. The summed E-state index contributed by atoms with van der Waals surface area (Å²) in [5.74, 6) is -0.307. The predicted octanol–water partition coefficient (Wildman–Crippen LogP) is 2.26. The quantitative estimate of drug-likeness (QED) is 0.426. The molecule has 2 aromatic heterocycles. The number of rotatable bonds is 8. The number of aromatic nitrogens is 4. The van der Waals surface area contributed by atoms with Crippen LogP contribution in [0.1, 0.15) is 31.4 Å². The Kier molecular flexibility index (Phi) is 6.61. The fourth-order valence-electron chi connectivity index (χ4n) is 2.90. The average molecular weight is 417 g/mol. The molecule has 9 nitrogen and oxygen atoms in total. The standard InChI is InChI=1S/C19H21ClN6O3/c1-12(27)25-15(13-3-5-14(20)6-4-13)9-16(28)29-8-2-7-26-11-24-17-18(21)22-10-23-19(17)26/h3-6,10-11,15H,2,7-9H2,1H3,(H,25,27)(H2,21,22,23). The van der Waals surface area contributed by atoms with Crippen molar-refractivity contribution in [1.82, 2.24) is 24.8 Å². The molecule has 1 unspecified atom stereocenters. The highest BCUT2D eigenvalue weighted by Crippen LogP contribution is 2.20. The van der Waals surface area contributed by atoms with Crippen molar-refractivity contribution in [3.05, 3.63) is 47.5 Å². The number of imidazole rings is 1. The van der Waals surface area contributed by atoms with E-state index in [1.54, 1.807) is 30.6 Å². The van der Waals surface area contributed by atoms with Gasteiger partial charge in [-0.3, -0.25) is 9.59 Å². The molecule has 3 rings (SSSR count). The van der Waals surface area contributed by atoms with Crippen LogP contribution >= 0.6 is 11.6 Å². The second-order valence-corrected chi connectivity index (χ2v) is 6.89. The van der Waals surface area contributed by atoms with Gasteiger partial charge in [-0.1, -0.05) is 23.7 Å². The third kappa shape index (κ3) is 5.41. The SMILES string of the molecule is CC(=O)NC(CC(=O)OCCCn1cnc2c(N)ncnc21)c1ccc(Cl)cc1. The first-order valence-electron chi connectivity index (χ1n) is 9.03. The molecule has 10 heteroatoms. The number of nitrogens with one attached hydrogen (secondary N) is 1. The van der Waals surface area contributed by atoms with Gasteiger partial charge in [0.1, 0.15) is 11.8 Å². The van der Waals surface area contributed by atoms with Gasteiger partial charge in [-0.25, -0.2) is 15.0 Å². The van der Waals surface area contributed by atoms with Crippen molar-refractivity contribution in [2.75, 3.05) is 12.3 Å². The highest BCUT2D eigenvalue weighted by molar-refractivity contribution is 6.30. The minimum absolute atomic E-state index is 0.0268. The molecule has 152 valence electrons. The van der Waals surface area contributed by atoms with E-state index in [4.69, 9.17) is 22.1 Å². The molecule has 3 aromatic rings. The van der Waals surface area contributed by atoms with E-state index in [1.165, 1.54) is 13.3 Å². The van der Waals surface area contributed by atoms with Crippen molar-refractivity contribution < 1.29 is 14.3 Å². The molecule has 2 heterocycles. The normalized spacial score (nSPS) is 11.9. The number of hydrogen-bond donors (Lipinski definition) is 2. The monoisotopic (exact) mass is 416 g/mol. The number of nitrogen functional groups attached to an aromatic ring is 1. The van der Waals surface area contributed by atoms with E-state index in [1.807, 2.05) is 4.57 Å². The lowest BCUT2D eigenvalue weighted by Gasteiger charge is -2.18. The highest BCUT2D eigenvalue weighted by Gasteiger charge is 2.18. The van der Waals surface area contributed by atoms with Crippen molar-refractivity contribution in [1.29, 1.82) is 0 Å². The van der Waals surface area contributed by atoms with Gasteiger partial charge in [0.15, 0.2) is 11.5 Å². The molecule has 0 aliphatic heterocycles. The summed E-state index contributed by atoms with van der Waals surface area (Å²) in [7, 11) is 0. The third-order valence-electron chi connectivity index (χ3n) is 4.26. The number of halogens is 1. The van der Waals surface area contributed by atoms with Crippen molar-refractivity contribution >= 4 is 40.5 Å². The summed E-state index contributed by atoms with van der Waals surface area (Å²) < 4.78 is 7.15. The Morgan fingerprint density at radius 1 is 1.24 bits per heavy atom. The van der Waals surface area contributed by atoms with Crippen LogP contribution in [0.5, 0.6) is 0 Å². The summed E-state index contributed by atoms with van der Waals surface area (Å²) >= 11 is 5.90. The van der Waals surface area contributed by atoms with E-state index in [-0.39, 0.29) is 18.9 Å². The minimum Gasteiger partial charge on any atom is -0.466 e. The summed E-state index contributed by atoms with van der Waals surface area (Å²) in [4.78, 5) is 36.0. The van der Waals surface area contributed by atoms with Crippen LogP contribution in [0.4, 0.5) is 5.82 Å². The van der Waals surface area contributed by atoms with Gasteiger partial charge < -0.3 is 20.4 Å². The lowest BCUT2D eigenvalue weighted by molar-refractivity contribution is -0.144. The summed E-state index contributed by atoms with van der Waals surface area (Å²) in [6.45, 7) is 2.19. The molecule has 1 atom stereocenters. The molecule has 3 N–H and O–H groups in total. The lowest BCUT2D eigenvalue weighted by Crippen LogP contribution is -2.28. The molecular weight excluding hydrogens is 396 g/mol. The van der Waals surface area contributed by atoms with Crippen molar-refractivity contribution in [3.8, 4) is 0 Å². The number of nitrogens with zero attached hydrogens (tertiary/aromatic N) is 4. The Hall–Kier alpha value is -3.20. The largest absolute Gasteiger partial charge is 0.466 e. The van der Waals surface area contributed by atoms with E-state index in [2.05, 4.69) is 20.3 Å². The fraction of sp³-hybridized carbons (Fsp3) is 0.316. The smallest absolute Gasteiger partial charge is 0.308 e. The number of fused-ring (bicyclic) bond motifs is 1. The zero-order valence-corrected chi connectivity index (χ0v) is 16.6. The van der Waals surface area contributed by atoms with E-state index >= 15 is 0 Å². The topological polar surface area (TPSA) is 125 Å². The number of ether oxygens (including phenoxy) is 1. The summed E-state index contributed by atoms with van der Waals surface area (Å²) in [5.41, 5.74) is 7.73. The highest BCUT2D eigenvalue weighted by atomic mass is 35.5. The maximum Gasteiger partial charge on any atom is 0.308 e. The lowest BCUT2D eigenvalue weighted by atomic mass is 10.0. The third-order valence-corrected chi connectivity index (χ3v) is 4.51. The zero-order valence-electron chi connectivity index (χ0n) is 15.8. The number of esters is 1. The minimum atomic E-state index is -0.477. The predicted molar refractivity (Wildman–Crippen MR) is 108 cm³/mol. The van der Waals surface area contributed by atoms with Gasteiger partial charge in [-0.05, 0) is 24.1 Å². The number of hydrogen-bond acceptors (Lipinski definition) is 7. The number of carbonyl (C=O) groups is 2. The number of carbonyl (C=O) groups excluding carboxylic acids is 2. The van der Waals surface area contributed by atoms with Gasteiger partial charge in [0, 0.05) is 18.5 Å². The number of amides is 1. The van der Waals surface area contributed by atoms with Crippen molar-refractivity contribution in [2.45, 2.75) is 32.4 Å². The van der Waals surface area contributed by atoms with E-state index < -0.39 is 12.0 Å². The van der Waals surface area contributed by atoms with Crippen LogP contribution in [-0.4, -0.2) is 38.0 Å². The Labute approximate surface area is 172 Å². The second kappa shape index (κ2) is 9.33. The molecule has 1 aromatic carbocycles. The average Bonchev–Trinajstić information content (AvgIpc) is 3.09. The molecule has 1 amide bonds. The number of nitrogens with two attached hydrogens (primary N) is 1. The summed E-state index contributed by atoms with van der Waals surface area (Å²) in [5, 5.41) is 3.34. The molecule has 0 saturated heterocycles. The maximum atomic E-state index is 12.2. The molecule has 29 heavy (non-hydrogen) atoms. The number of anilines is 1. The number of benzene rings is 1. The van der Waals surface area contributed by atoms with Gasteiger partial charge in [0.2, 0.25) is 5.91 Å². The molecule has 0 aliphatic carbocycles. The second-order valence-electron chi connectivity index (χ2n) is 6.45. The molecule has 0 bridgehead atoms. The number of aryl methyl sites for hydroxylation is 1. The zero-order chi connectivity index (χ0) is 20.8. The van der Waals surface area contributed by atoms with Crippen LogP contribution < -0.4 is 11.1 Å². The van der Waals surface area contributed by atoms with Crippen molar-refractivity contribution in [3.63, 3.8) is 0 Å². The molecule has 0 radical (unpaired) electrons. The van der Waals surface area contributed by atoms with Crippen LogP contribution in [0.2, 0.25) is 5.02 Å². The molecule has 0 fully saturated rings. The molecule has 0 saturated carbocycles. The maximum absolute atomic E-state index is 12.2. The van der Waals surface area contributed by atoms with Gasteiger partial charge in [0.05, 0.1) is 25.4 Å². The van der Waals surface area contributed by atoms with Gasteiger partial charge in [0.25, 0.3) is 0 Å². The first kappa shape index (κ1) is 20.5. The summed E-state index contributed by atoms with van der Waals surface area (Å²) in [6, 6.07) is 6.49. The van der Waals surface area contributed by atoms with Gasteiger partial charge in [-0.15, -0.1) is 0 Å². The Bertz CT molecular complexity index is 1000. The molecular formula is C19H21ClN6O3. The van der Waals surface area contributed by atoms with E-state index in [0.29, 0.717) is 35.0 Å². The van der Waals surface area contributed by atoms with Crippen LogP contribution in [0.25, 0.3) is 11.2 Å². The molecule has 0 aliphatic rings. The van der Waals surface area contributed by atoms with E-state index in [0.717, 1.165) is 5.56 Å². The molecule has 0 spiro atoms. The van der Waals surface area contributed by atoms with Gasteiger partial charge in [-0.2, -0.15) is 0 Å². The van der Waals surface area contributed by atoms with Crippen LogP contribution in [0.3, 0.4) is 0 Å². The van der Waals surface area contributed by atoms with Crippen molar-refractivity contribution in [2.24, 2.45) is 0 Å². The fourth-order valence-corrected chi connectivity index (χ4v) is 3.03.